The van der Waals surface area contributed by atoms with E-state index < -0.39 is 28.9 Å². The van der Waals surface area contributed by atoms with Crippen LogP contribution in [0.4, 0.5) is 0 Å². The third-order valence-electron chi connectivity index (χ3n) is 7.94. The van der Waals surface area contributed by atoms with Crippen molar-refractivity contribution >= 4 is 17.9 Å². The third-order valence-corrected chi connectivity index (χ3v) is 7.94. The zero-order valence-corrected chi connectivity index (χ0v) is 26.5. The quantitative estimate of drug-likeness (QED) is 0.197. The van der Waals surface area contributed by atoms with Crippen LogP contribution >= 0.6 is 0 Å². The number of carbonyl (C=O) groups excluding carboxylic acids is 1. The highest BCUT2D eigenvalue weighted by molar-refractivity contribution is 5.76. The Morgan fingerprint density at radius 1 is 1.00 bits per heavy atom. The lowest BCUT2D eigenvalue weighted by Crippen LogP contribution is -2.31. The van der Waals surface area contributed by atoms with Crippen molar-refractivity contribution in [3.8, 4) is 0 Å². The van der Waals surface area contributed by atoms with Gasteiger partial charge in [0.2, 0.25) is 0 Å². The maximum absolute atomic E-state index is 12.3. The van der Waals surface area contributed by atoms with Gasteiger partial charge in [-0.2, -0.15) is 0 Å². The summed E-state index contributed by atoms with van der Waals surface area (Å²) in [5.74, 6) is 0.789. The molecule has 226 valence electrons. The van der Waals surface area contributed by atoms with E-state index >= 15 is 0 Å². The molecule has 0 aromatic rings. The summed E-state index contributed by atoms with van der Waals surface area (Å²) in [6, 6.07) is 0. The molecule has 2 N–H and O–H groups in total. The number of hydrogen-bond donors (Lipinski definition) is 2. The van der Waals surface area contributed by atoms with Crippen molar-refractivity contribution < 1.29 is 29.3 Å². The standard InChI is InChI=1S/C26H42O4.C5H10O2.C2H6/c1-6-26(4,5)25(29)30-21(17-24(27)28)10-8-7-9-11-22-19(3)13-14-20-16-18(2)12-15-23(20)22;1-5(2,3)4(6)7;1-2/h13-14,16,18-19,21-23H,6-12,15,17H2,1-5H3,(H,27,28);1-3H3,(H,6,7);1-2H3/t18-,19+,21+,22+,23?;;/m1../s1. The maximum atomic E-state index is 12.3. The van der Waals surface area contributed by atoms with Gasteiger partial charge in [0.05, 0.1) is 17.3 Å². The van der Waals surface area contributed by atoms with Crippen molar-refractivity contribution in [2.24, 2.45) is 34.5 Å². The fourth-order valence-corrected chi connectivity index (χ4v) is 4.80. The molecule has 0 amide bonds. The number of carboxylic acid groups (broad SMARTS) is 2. The minimum atomic E-state index is -0.907. The van der Waals surface area contributed by atoms with Gasteiger partial charge in [-0.3, -0.25) is 14.4 Å². The summed E-state index contributed by atoms with van der Waals surface area (Å²) in [4.78, 5) is 33.6. The summed E-state index contributed by atoms with van der Waals surface area (Å²) in [6.45, 7) is 19.3. The Bertz CT molecular complexity index is 817. The van der Waals surface area contributed by atoms with Gasteiger partial charge >= 0.3 is 17.9 Å². The molecular formula is C33H58O6. The second-order valence-corrected chi connectivity index (χ2v) is 12.8. The van der Waals surface area contributed by atoms with E-state index in [9.17, 15) is 19.5 Å². The van der Waals surface area contributed by atoms with E-state index in [0.717, 1.165) is 19.3 Å². The Labute approximate surface area is 238 Å². The Morgan fingerprint density at radius 3 is 2.10 bits per heavy atom. The number of ether oxygens (including phenoxy) is 1. The Balaban J connectivity index is 0.00000139. The summed E-state index contributed by atoms with van der Waals surface area (Å²) < 4.78 is 5.57. The number of aliphatic carboxylic acids is 2. The van der Waals surface area contributed by atoms with E-state index in [1.54, 1.807) is 26.3 Å². The molecule has 0 bridgehead atoms. The Kier molecular flexibility index (Phi) is 16.6. The largest absolute Gasteiger partial charge is 0.481 e. The minimum Gasteiger partial charge on any atom is -0.481 e. The van der Waals surface area contributed by atoms with Crippen LogP contribution in [0, 0.1) is 34.5 Å². The molecule has 2 aliphatic rings. The summed E-state index contributed by atoms with van der Waals surface area (Å²) >= 11 is 0. The lowest BCUT2D eigenvalue weighted by molar-refractivity contribution is -0.162. The molecule has 0 aliphatic heterocycles. The summed E-state index contributed by atoms with van der Waals surface area (Å²) in [5, 5.41) is 17.4. The van der Waals surface area contributed by atoms with Crippen molar-refractivity contribution in [1.29, 1.82) is 0 Å². The van der Waals surface area contributed by atoms with E-state index in [1.807, 2.05) is 34.6 Å². The molecule has 0 saturated carbocycles. The second kappa shape index (κ2) is 17.6. The number of carbonyl (C=O) groups is 3. The first kappa shape index (κ1) is 36.9. The van der Waals surface area contributed by atoms with Gasteiger partial charge in [0.15, 0.2) is 0 Å². The molecule has 39 heavy (non-hydrogen) atoms. The summed E-state index contributed by atoms with van der Waals surface area (Å²) in [6.07, 6.45) is 14.8. The highest BCUT2D eigenvalue weighted by Gasteiger charge is 2.33. The van der Waals surface area contributed by atoms with Crippen LogP contribution in [0.15, 0.2) is 23.8 Å². The van der Waals surface area contributed by atoms with Gasteiger partial charge in [-0.1, -0.05) is 65.7 Å². The molecule has 2 aliphatic carbocycles. The Morgan fingerprint density at radius 2 is 1.59 bits per heavy atom. The zero-order valence-electron chi connectivity index (χ0n) is 26.5. The predicted molar refractivity (Wildman–Crippen MR) is 159 cm³/mol. The fourth-order valence-electron chi connectivity index (χ4n) is 4.80. The third kappa shape index (κ3) is 13.7. The molecule has 1 unspecified atom stereocenters. The van der Waals surface area contributed by atoms with Crippen LogP contribution in [-0.4, -0.2) is 34.2 Å². The zero-order chi connectivity index (χ0) is 30.4. The van der Waals surface area contributed by atoms with Crippen LogP contribution in [0.2, 0.25) is 0 Å². The van der Waals surface area contributed by atoms with Crippen molar-refractivity contribution in [2.75, 3.05) is 0 Å². The molecule has 0 aromatic carbocycles. The first-order chi connectivity index (χ1) is 18.1. The normalized spacial score (nSPS) is 23.1. The molecule has 6 heteroatoms. The van der Waals surface area contributed by atoms with Gasteiger partial charge in [0, 0.05) is 0 Å². The smallest absolute Gasteiger partial charge is 0.311 e. The van der Waals surface area contributed by atoms with Crippen LogP contribution in [0.5, 0.6) is 0 Å². The number of carboxylic acids is 2. The van der Waals surface area contributed by atoms with Crippen LogP contribution in [0.1, 0.15) is 127 Å². The van der Waals surface area contributed by atoms with Crippen LogP contribution < -0.4 is 0 Å². The van der Waals surface area contributed by atoms with E-state index in [1.165, 1.54) is 19.3 Å². The van der Waals surface area contributed by atoms with Gasteiger partial charge < -0.3 is 14.9 Å². The van der Waals surface area contributed by atoms with Crippen molar-refractivity contribution in [3.05, 3.63) is 23.8 Å². The molecule has 0 heterocycles. The van der Waals surface area contributed by atoms with Gasteiger partial charge in [0.25, 0.3) is 0 Å². The highest BCUT2D eigenvalue weighted by atomic mass is 16.5. The molecule has 0 aromatic heterocycles. The first-order valence-electron chi connectivity index (χ1n) is 15.1. The summed E-state index contributed by atoms with van der Waals surface area (Å²) in [7, 11) is 0. The molecule has 0 fully saturated rings. The lowest BCUT2D eigenvalue weighted by Gasteiger charge is -2.38. The average molecular weight is 551 g/mol. The van der Waals surface area contributed by atoms with E-state index in [-0.39, 0.29) is 12.4 Å². The van der Waals surface area contributed by atoms with Gasteiger partial charge in [-0.05, 0) is 102 Å². The number of unbranched alkanes of at least 4 members (excludes halogenated alkanes) is 2. The second-order valence-electron chi connectivity index (χ2n) is 12.8. The summed E-state index contributed by atoms with van der Waals surface area (Å²) in [5.41, 5.74) is 0.397. The molecule has 2 rings (SSSR count). The SMILES string of the molecule is CC.CC(C)(C)C(=O)O.CCC(C)(C)C(=O)O[C@@H](CCCCC[C@@H]1C2CC[C@@H](C)C=C2C=C[C@@H]1C)CC(=O)O. The molecule has 0 saturated heterocycles. The van der Waals surface area contributed by atoms with E-state index in [2.05, 4.69) is 32.1 Å². The number of allylic oxidation sites excluding steroid dienone is 4. The molecule has 5 atom stereocenters. The highest BCUT2D eigenvalue weighted by Crippen LogP contribution is 2.43. The topological polar surface area (TPSA) is 101 Å². The van der Waals surface area contributed by atoms with E-state index in [4.69, 9.17) is 9.84 Å². The minimum absolute atomic E-state index is 0.107. The van der Waals surface area contributed by atoms with Gasteiger partial charge in [-0.15, -0.1) is 0 Å². The molecule has 6 nitrogen and oxygen atoms in total. The predicted octanol–water partition coefficient (Wildman–Crippen LogP) is 8.70. The average Bonchev–Trinajstić information content (AvgIpc) is 2.85. The fraction of sp³-hybridized carbons (Fsp3) is 0.788. The monoisotopic (exact) mass is 550 g/mol. The first-order valence-corrected chi connectivity index (χ1v) is 15.1. The Hall–Kier alpha value is -2.11. The van der Waals surface area contributed by atoms with Crippen molar-refractivity contribution in [1.82, 2.24) is 0 Å². The van der Waals surface area contributed by atoms with Crippen LogP contribution in [-0.2, 0) is 19.1 Å². The van der Waals surface area contributed by atoms with Crippen LogP contribution in [0.3, 0.4) is 0 Å². The van der Waals surface area contributed by atoms with Gasteiger partial charge in [-0.25, -0.2) is 0 Å². The maximum Gasteiger partial charge on any atom is 0.311 e. The molecule has 0 spiro atoms. The lowest BCUT2D eigenvalue weighted by atomic mass is 9.67. The van der Waals surface area contributed by atoms with E-state index in [0.29, 0.717) is 36.5 Å². The van der Waals surface area contributed by atoms with Crippen LogP contribution in [0.25, 0.3) is 0 Å². The number of esters is 1. The van der Waals surface area contributed by atoms with Gasteiger partial charge in [0.1, 0.15) is 6.10 Å². The van der Waals surface area contributed by atoms with Crippen molar-refractivity contribution in [2.45, 2.75) is 133 Å². The molecular weight excluding hydrogens is 492 g/mol. The molecule has 0 radical (unpaired) electrons. The number of rotatable bonds is 11. The number of hydrogen-bond acceptors (Lipinski definition) is 4. The number of fused-ring (bicyclic) bond motifs is 1. The van der Waals surface area contributed by atoms with Crippen molar-refractivity contribution in [3.63, 3.8) is 0 Å².